The van der Waals surface area contributed by atoms with Gasteiger partial charge in [-0.05, 0) is 25.0 Å². The Morgan fingerprint density at radius 3 is 2.57 bits per heavy atom. The average Bonchev–Trinajstić information content (AvgIpc) is 2.32. The first-order valence-electron chi connectivity index (χ1n) is 6.31. The summed E-state index contributed by atoms with van der Waals surface area (Å²) in [5, 5.41) is 11.3. The van der Waals surface area contributed by atoms with Crippen LogP contribution in [0.3, 0.4) is 0 Å². The summed E-state index contributed by atoms with van der Waals surface area (Å²) < 4.78 is 37.4. The molecule has 0 bridgehead atoms. The van der Waals surface area contributed by atoms with Gasteiger partial charge in [0.15, 0.2) is 0 Å². The smallest absolute Gasteiger partial charge is 0.433 e. The zero-order valence-electron chi connectivity index (χ0n) is 10.9. The van der Waals surface area contributed by atoms with Gasteiger partial charge in [-0.1, -0.05) is 6.07 Å². The molecule has 1 amide bonds. The second-order valence-corrected chi connectivity index (χ2v) is 4.96. The Balaban J connectivity index is 1.88. The molecule has 0 spiro atoms. The normalized spacial score (nSPS) is 21.5. The maximum atomic E-state index is 12.5. The largest absolute Gasteiger partial charge is 0.481 e. The van der Waals surface area contributed by atoms with E-state index in [1.807, 2.05) is 0 Å². The van der Waals surface area contributed by atoms with Crippen molar-refractivity contribution in [3.63, 3.8) is 0 Å². The van der Waals surface area contributed by atoms with Gasteiger partial charge in [0.05, 0.1) is 18.0 Å². The number of carboxylic acids is 1. The summed E-state index contributed by atoms with van der Waals surface area (Å²) in [7, 11) is 0. The molecule has 0 atom stereocenters. The van der Waals surface area contributed by atoms with E-state index in [1.165, 1.54) is 12.1 Å². The topological polar surface area (TPSA) is 79.3 Å². The molecule has 0 aliphatic heterocycles. The summed E-state index contributed by atoms with van der Waals surface area (Å²) in [4.78, 5) is 25.7. The van der Waals surface area contributed by atoms with Gasteiger partial charge < -0.3 is 10.4 Å². The number of hydrogen-bond donors (Lipinski definition) is 2. The highest BCUT2D eigenvalue weighted by molar-refractivity contribution is 5.79. The number of carbonyl (C=O) groups excluding carboxylic acids is 1. The first-order chi connectivity index (χ1) is 9.75. The molecular formula is C13H13F3N2O3. The summed E-state index contributed by atoms with van der Waals surface area (Å²) >= 11 is 0. The number of carboxylic acid groups (broad SMARTS) is 1. The quantitative estimate of drug-likeness (QED) is 0.886. The predicted octanol–water partition coefficient (Wildman–Crippen LogP) is 1.62. The Morgan fingerprint density at radius 1 is 1.33 bits per heavy atom. The van der Waals surface area contributed by atoms with E-state index in [0.717, 1.165) is 6.07 Å². The molecule has 5 nitrogen and oxygen atoms in total. The van der Waals surface area contributed by atoms with Crippen molar-refractivity contribution in [2.24, 2.45) is 5.92 Å². The Hall–Kier alpha value is -2.12. The molecule has 0 saturated heterocycles. The third-order valence-corrected chi connectivity index (χ3v) is 3.29. The Kier molecular flexibility index (Phi) is 4.15. The maximum absolute atomic E-state index is 12.5. The van der Waals surface area contributed by atoms with Crippen molar-refractivity contribution in [2.45, 2.75) is 31.5 Å². The van der Waals surface area contributed by atoms with Gasteiger partial charge in [-0.3, -0.25) is 9.59 Å². The first kappa shape index (κ1) is 15.3. The molecule has 0 radical (unpaired) electrons. The van der Waals surface area contributed by atoms with Gasteiger partial charge in [0, 0.05) is 6.04 Å². The van der Waals surface area contributed by atoms with Gasteiger partial charge in [-0.2, -0.15) is 13.2 Å². The van der Waals surface area contributed by atoms with Crippen molar-refractivity contribution in [1.82, 2.24) is 10.3 Å². The highest BCUT2D eigenvalue weighted by Crippen LogP contribution is 2.28. The molecule has 1 aliphatic carbocycles. The number of amides is 1. The van der Waals surface area contributed by atoms with Crippen molar-refractivity contribution in [3.8, 4) is 0 Å². The van der Waals surface area contributed by atoms with E-state index in [-0.39, 0.29) is 18.2 Å². The van der Waals surface area contributed by atoms with E-state index >= 15 is 0 Å². The van der Waals surface area contributed by atoms with E-state index in [0.29, 0.717) is 12.8 Å². The summed E-state index contributed by atoms with van der Waals surface area (Å²) in [6.07, 6.45) is -4.12. The van der Waals surface area contributed by atoms with Gasteiger partial charge in [-0.25, -0.2) is 4.98 Å². The van der Waals surface area contributed by atoms with E-state index in [2.05, 4.69) is 10.3 Å². The van der Waals surface area contributed by atoms with E-state index in [1.54, 1.807) is 0 Å². The van der Waals surface area contributed by atoms with Crippen LogP contribution in [0.2, 0.25) is 0 Å². The monoisotopic (exact) mass is 302 g/mol. The van der Waals surface area contributed by atoms with Crippen LogP contribution < -0.4 is 5.32 Å². The highest BCUT2D eigenvalue weighted by Gasteiger charge is 2.35. The Labute approximate surface area is 118 Å². The molecule has 114 valence electrons. The van der Waals surface area contributed by atoms with Gasteiger partial charge in [0.2, 0.25) is 5.91 Å². The fourth-order valence-corrected chi connectivity index (χ4v) is 2.12. The van der Waals surface area contributed by atoms with Crippen LogP contribution in [0.1, 0.15) is 24.2 Å². The summed E-state index contributed by atoms with van der Waals surface area (Å²) in [5.74, 6) is -1.82. The summed E-state index contributed by atoms with van der Waals surface area (Å²) in [6, 6.07) is 3.15. The average molecular weight is 302 g/mol. The van der Waals surface area contributed by atoms with Gasteiger partial charge in [0.25, 0.3) is 0 Å². The molecule has 1 aromatic rings. The number of carbonyl (C=O) groups is 2. The van der Waals surface area contributed by atoms with Gasteiger partial charge >= 0.3 is 12.1 Å². The van der Waals surface area contributed by atoms with Crippen molar-refractivity contribution < 1.29 is 27.9 Å². The van der Waals surface area contributed by atoms with Crippen molar-refractivity contribution in [3.05, 3.63) is 29.6 Å². The second kappa shape index (κ2) is 5.71. The fourth-order valence-electron chi connectivity index (χ4n) is 2.12. The number of pyridine rings is 1. The lowest BCUT2D eigenvalue weighted by atomic mass is 9.80. The SMILES string of the molecule is O=C(Cc1cccc(C(F)(F)F)n1)NC1CC(C(=O)O)C1. The van der Waals surface area contributed by atoms with Crippen LogP contribution in [0.4, 0.5) is 13.2 Å². The zero-order chi connectivity index (χ0) is 15.6. The summed E-state index contributed by atoms with van der Waals surface area (Å²) in [5.41, 5.74) is -1.01. The number of rotatable bonds is 4. The molecule has 1 aliphatic rings. The molecule has 21 heavy (non-hydrogen) atoms. The highest BCUT2D eigenvalue weighted by atomic mass is 19.4. The molecule has 0 unspecified atom stereocenters. The number of nitrogens with zero attached hydrogens (tertiary/aromatic N) is 1. The Bertz CT molecular complexity index is 554. The van der Waals surface area contributed by atoms with Crippen LogP contribution in [0, 0.1) is 5.92 Å². The number of alkyl halides is 3. The van der Waals surface area contributed by atoms with Gasteiger partial charge in [-0.15, -0.1) is 0 Å². The van der Waals surface area contributed by atoms with Crippen molar-refractivity contribution in [1.29, 1.82) is 0 Å². The predicted molar refractivity (Wildman–Crippen MR) is 65.2 cm³/mol. The molecule has 1 fully saturated rings. The molecule has 8 heteroatoms. The minimum atomic E-state index is -4.55. The van der Waals surface area contributed by atoms with Crippen LogP contribution in [0.15, 0.2) is 18.2 Å². The van der Waals surface area contributed by atoms with Crippen molar-refractivity contribution in [2.75, 3.05) is 0 Å². The number of nitrogens with one attached hydrogen (secondary N) is 1. The standard InChI is InChI=1S/C13H13F3N2O3/c14-13(15,16)10-3-1-2-8(17-10)6-11(19)18-9-4-7(5-9)12(20)21/h1-3,7,9H,4-6H2,(H,18,19)(H,20,21). The van der Waals surface area contributed by atoms with Gasteiger partial charge in [0.1, 0.15) is 5.69 Å². The number of aromatic nitrogens is 1. The third-order valence-electron chi connectivity index (χ3n) is 3.29. The third kappa shape index (κ3) is 3.93. The zero-order valence-corrected chi connectivity index (χ0v) is 10.9. The maximum Gasteiger partial charge on any atom is 0.433 e. The minimum absolute atomic E-state index is 0.0245. The van der Waals surface area contributed by atoms with Crippen LogP contribution in [0.5, 0.6) is 0 Å². The second-order valence-electron chi connectivity index (χ2n) is 4.96. The molecule has 1 heterocycles. The van der Waals surface area contributed by atoms with E-state index in [4.69, 9.17) is 5.11 Å². The molecule has 0 aromatic carbocycles. The van der Waals surface area contributed by atoms with Crippen LogP contribution in [-0.4, -0.2) is 28.0 Å². The van der Waals surface area contributed by atoms with E-state index in [9.17, 15) is 22.8 Å². The lowest BCUT2D eigenvalue weighted by Crippen LogP contribution is -2.47. The number of aliphatic carboxylic acids is 1. The number of halogens is 3. The molecule has 1 saturated carbocycles. The lowest BCUT2D eigenvalue weighted by molar-refractivity contribution is -0.146. The van der Waals surface area contributed by atoms with Crippen LogP contribution in [0.25, 0.3) is 0 Å². The van der Waals surface area contributed by atoms with Crippen LogP contribution >= 0.6 is 0 Å². The minimum Gasteiger partial charge on any atom is -0.481 e. The molecule has 2 N–H and O–H groups in total. The fraction of sp³-hybridized carbons (Fsp3) is 0.462. The Morgan fingerprint density at radius 2 is 2.00 bits per heavy atom. The lowest BCUT2D eigenvalue weighted by Gasteiger charge is -2.32. The first-order valence-corrected chi connectivity index (χ1v) is 6.31. The van der Waals surface area contributed by atoms with Crippen LogP contribution in [-0.2, 0) is 22.2 Å². The van der Waals surface area contributed by atoms with Crippen molar-refractivity contribution >= 4 is 11.9 Å². The molecule has 1 aromatic heterocycles. The number of hydrogen-bond acceptors (Lipinski definition) is 3. The summed E-state index contributed by atoms with van der Waals surface area (Å²) in [6.45, 7) is 0. The molecular weight excluding hydrogens is 289 g/mol. The molecule has 2 rings (SSSR count). The van der Waals surface area contributed by atoms with E-state index < -0.39 is 29.7 Å².